The molecule has 1 unspecified atom stereocenters. The molecular weight excluding hydrogens is 448 g/mol. The van der Waals surface area contributed by atoms with Crippen LogP contribution < -0.4 is 26.2 Å². The van der Waals surface area contributed by atoms with Gasteiger partial charge in [-0.15, -0.1) is 9.78 Å². The predicted molar refractivity (Wildman–Crippen MR) is 130 cm³/mol. The normalized spacial score (nSPS) is 13.4. The Morgan fingerprint density at radius 1 is 1.26 bits per heavy atom. The van der Waals surface area contributed by atoms with Gasteiger partial charge in [-0.05, 0) is 60.9 Å². The molecule has 1 aliphatic rings. The van der Waals surface area contributed by atoms with Crippen molar-refractivity contribution in [2.45, 2.75) is 18.9 Å². The Kier molecular flexibility index (Phi) is 5.88. The lowest BCUT2D eigenvalue weighted by Gasteiger charge is -2.24. The summed E-state index contributed by atoms with van der Waals surface area (Å²) in [6.45, 7) is 0.626. The molecule has 3 heterocycles. The van der Waals surface area contributed by atoms with Crippen LogP contribution in [-0.4, -0.2) is 44.3 Å². The number of ether oxygens (including phenoxy) is 2. The molecule has 0 saturated carbocycles. The SMILES string of the molecule is COc1cc(C(Nc2ccc(C(=N)N)cc2)c2nn(-c3ncccn3)c(=O)[nH]2)cc2c1CCCO2. The Hall–Kier alpha value is -4.67. The number of nitrogen functional groups attached to an aromatic ring is 1. The highest BCUT2D eigenvalue weighted by atomic mass is 16.5. The van der Waals surface area contributed by atoms with Gasteiger partial charge in [0.1, 0.15) is 23.4 Å². The van der Waals surface area contributed by atoms with Gasteiger partial charge in [-0.25, -0.2) is 14.8 Å². The molecule has 178 valence electrons. The number of fused-ring (bicyclic) bond motifs is 1. The van der Waals surface area contributed by atoms with Crippen molar-refractivity contribution in [3.8, 4) is 17.4 Å². The molecule has 1 atom stereocenters. The first kappa shape index (κ1) is 22.1. The van der Waals surface area contributed by atoms with Gasteiger partial charge in [0.15, 0.2) is 5.82 Å². The molecule has 2 aromatic carbocycles. The maximum atomic E-state index is 12.8. The molecule has 0 spiro atoms. The number of aromatic amines is 1. The Morgan fingerprint density at radius 2 is 2.03 bits per heavy atom. The third-order valence-corrected chi connectivity index (χ3v) is 5.73. The quantitative estimate of drug-likeness (QED) is 0.235. The van der Waals surface area contributed by atoms with Crippen LogP contribution in [0.3, 0.4) is 0 Å². The van der Waals surface area contributed by atoms with Crippen LogP contribution in [0.5, 0.6) is 11.5 Å². The number of H-pyrrole nitrogens is 1. The van der Waals surface area contributed by atoms with E-state index in [1.807, 2.05) is 24.3 Å². The van der Waals surface area contributed by atoms with Crippen LogP contribution in [0.15, 0.2) is 59.7 Å². The molecule has 0 aliphatic carbocycles. The van der Waals surface area contributed by atoms with Gasteiger partial charge in [0.25, 0.3) is 5.95 Å². The molecule has 5 N–H and O–H groups in total. The van der Waals surface area contributed by atoms with Gasteiger partial charge < -0.3 is 20.5 Å². The second-order valence-electron chi connectivity index (χ2n) is 8.00. The first-order valence-electron chi connectivity index (χ1n) is 11.0. The highest BCUT2D eigenvalue weighted by Crippen LogP contribution is 2.38. The summed E-state index contributed by atoms with van der Waals surface area (Å²) >= 11 is 0. The maximum absolute atomic E-state index is 12.8. The Morgan fingerprint density at radius 3 is 2.74 bits per heavy atom. The highest BCUT2D eigenvalue weighted by molar-refractivity contribution is 5.95. The molecule has 0 radical (unpaired) electrons. The number of nitrogens with one attached hydrogen (secondary N) is 3. The number of nitrogens with two attached hydrogens (primary N) is 1. The zero-order valence-electron chi connectivity index (χ0n) is 19.0. The monoisotopic (exact) mass is 472 g/mol. The maximum Gasteiger partial charge on any atom is 0.350 e. The minimum absolute atomic E-state index is 0.0180. The Labute approximate surface area is 200 Å². The predicted octanol–water partition coefficient (Wildman–Crippen LogP) is 2.17. The van der Waals surface area contributed by atoms with Crippen molar-refractivity contribution in [1.29, 1.82) is 5.41 Å². The lowest BCUT2D eigenvalue weighted by Crippen LogP contribution is -2.18. The van der Waals surface area contributed by atoms with E-state index in [0.717, 1.165) is 40.1 Å². The molecule has 5 rings (SSSR count). The van der Waals surface area contributed by atoms with E-state index in [1.165, 1.54) is 0 Å². The zero-order valence-corrected chi connectivity index (χ0v) is 19.0. The van der Waals surface area contributed by atoms with Crippen LogP contribution in [0.4, 0.5) is 5.69 Å². The largest absolute Gasteiger partial charge is 0.496 e. The number of aromatic nitrogens is 5. The summed E-state index contributed by atoms with van der Waals surface area (Å²) in [5, 5.41) is 15.5. The van der Waals surface area contributed by atoms with E-state index in [9.17, 15) is 4.79 Å². The number of anilines is 1. The van der Waals surface area contributed by atoms with Gasteiger partial charge in [-0.2, -0.15) is 0 Å². The average Bonchev–Trinajstić information content (AvgIpc) is 3.28. The fourth-order valence-corrected chi connectivity index (χ4v) is 4.02. The molecule has 2 aromatic heterocycles. The minimum Gasteiger partial charge on any atom is -0.496 e. The van der Waals surface area contributed by atoms with E-state index in [2.05, 4.69) is 25.4 Å². The number of rotatable bonds is 7. The van der Waals surface area contributed by atoms with Gasteiger partial charge in [0.2, 0.25) is 0 Å². The minimum atomic E-state index is -0.569. The standard InChI is InChI=1S/C24H24N8O3/c1-34-18-12-15(13-19-17(18)4-2-11-35-19)20(29-16-7-5-14(6-8-16)21(25)26)22-30-24(33)32(31-22)23-27-9-3-10-28-23/h3,5-10,12-13,20,29H,2,4,11H2,1H3,(H3,25,26)(H,30,31,33). The van der Waals surface area contributed by atoms with Crippen molar-refractivity contribution in [2.24, 2.45) is 5.73 Å². The van der Waals surface area contributed by atoms with Crippen molar-refractivity contribution in [3.63, 3.8) is 0 Å². The van der Waals surface area contributed by atoms with Crippen molar-refractivity contribution in [1.82, 2.24) is 24.7 Å². The average molecular weight is 473 g/mol. The van der Waals surface area contributed by atoms with Crippen LogP contribution in [0.25, 0.3) is 5.95 Å². The van der Waals surface area contributed by atoms with Crippen molar-refractivity contribution < 1.29 is 9.47 Å². The van der Waals surface area contributed by atoms with E-state index < -0.39 is 11.7 Å². The molecule has 1 aliphatic heterocycles. The highest BCUT2D eigenvalue weighted by Gasteiger charge is 2.25. The lowest BCUT2D eigenvalue weighted by atomic mass is 9.98. The van der Waals surface area contributed by atoms with E-state index in [1.54, 1.807) is 37.7 Å². The van der Waals surface area contributed by atoms with Crippen LogP contribution in [0.2, 0.25) is 0 Å². The van der Waals surface area contributed by atoms with E-state index in [-0.39, 0.29) is 11.8 Å². The summed E-state index contributed by atoms with van der Waals surface area (Å²) in [7, 11) is 1.63. The number of hydrogen-bond acceptors (Lipinski definition) is 8. The molecular formula is C24H24N8O3. The number of nitrogens with zero attached hydrogens (tertiary/aromatic N) is 4. The first-order valence-corrected chi connectivity index (χ1v) is 11.0. The number of hydrogen-bond donors (Lipinski definition) is 4. The van der Waals surface area contributed by atoms with Gasteiger partial charge >= 0.3 is 5.69 Å². The molecule has 35 heavy (non-hydrogen) atoms. The van der Waals surface area contributed by atoms with Crippen LogP contribution >= 0.6 is 0 Å². The number of benzene rings is 2. The summed E-state index contributed by atoms with van der Waals surface area (Å²) in [6.07, 6.45) is 4.87. The summed E-state index contributed by atoms with van der Waals surface area (Å²) in [5.74, 6) is 1.96. The topological polar surface area (TPSA) is 157 Å². The second kappa shape index (κ2) is 9.29. The fraction of sp³-hybridized carbons (Fsp3) is 0.208. The van der Waals surface area contributed by atoms with Crippen molar-refractivity contribution >= 4 is 11.5 Å². The third-order valence-electron chi connectivity index (χ3n) is 5.73. The lowest BCUT2D eigenvalue weighted by molar-refractivity contribution is 0.282. The van der Waals surface area contributed by atoms with Gasteiger partial charge in [-0.3, -0.25) is 10.4 Å². The molecule has 0 saturated heterocycles. The van der Waals surface area contributed by atoms with Gasteiger partial charge in [-0.1, -0.05) is 0 Å². The zero-order chi connectivity index (χ0) is 24.4. The second-order valence-corrected chi connectivity index (χ2v) is 8.00. The molecule has 0 fully saturated rings. The smallest absolute Gasteiger partial charge is 0.350 e. The Bertz CT molecular complexity index is 1400. The van der Waals surface area contributed by atoms with Crippen molar-refractivity contribution in [2.75, 3.05) is 19.0 Å². The molecule has 0 amide bonds. The van der Waals surface area contributed by atoms with E-state index >= 15 is 0 Å². The number of methoxy groups -OCH3 is 1. The van der Waals surface area contributed by atoms with Crippen LogP contribution in [0, 0.1) is 5.41 Å². The van der Waals surface area contributed by atoms with Gasteiger partial charge in [0, 0.05) is 29.2 Å². The summed E-state index contributed by atoms with van der Waals surface area (Å²) in [5.41, 5.74) is 8.27. The Balaban J connectivity index is 1.60. The first-order chi connectivity index (χ1) is 17.0. The van der Waals surface area contributed by atoms with Crippen LogP contribution in [0.1, 0.15) is 35.0 Å². The van der Waals surface area contributed by atoms with Crippen molar-refractivity contribution in [3.05, 3.63) is 87.9 Å². The van der Waals surface area contributed by atoms with E-state index in [4.69, 9.17) is 20.6 Å². The summed E-state index contributed by atoms with van der Waals surface area (Å²) in [4.78, 5) is 23.8. The van der Waals surface area contributed by atoms with Gasteiger partial charge in [0.05, 0.1) is 13.7 Å². The summed E-state index contributed by atoms with van der Waals surface area (Å²) in [6, 6.07) is 12.1. The molecule has 0 bridgehead atoms. The number of amidine groups is 1. The molecule has 11 nitrogen and oxygen atoms in total. The van der Waals surface area contributed by atoms with Crippen LogP contribution in [-0.2, 0) is 6.42 Å². The summed E-state index contributed by atoms with van der Waals surface area (Å²) < 4.78 is 12.7. The van der Waals surface area contributed by atoms with E-state index in [0.29, 0.717) is 23.7 Å². The molecule has 4 aromatic rings. The molecule has 11 heteroatoms. The fourth-order valence-electron chi connectivity index (χ4n) is 4.02. The third kappa shape index (κ3) is 4.43.